The number of rotatable bonds is 7. The molecule has 0 spiro atoms. The van der Waals surface area contributed by atoms with Gasteiger partial charge in [0.15, 0.2) is 11.6 Å². The molecule has 108 valence electrons. The largest absolute Gasteiger partial charge is 0.490 e. The van der Waals surface area contributed by atoms with Crippen molar-refractivity contribution in [3.63, 3.8) is 0 Å². The topological polar surface area (TPSA) is 51.4 Å². The Morgan fingerprint density at radius 3 is 2.74 bits per heavy atom. The zero-order valence-electron chi connectivity index (χ0n) is 10.8. The highest BCUT2D eigenvalue weighted by atomic mass is 19.4. The van der Waals surface area contributed by atoms with Gasteiger partial charge in [0.05, 0.1) is 6.61 Å². The van der Waals surface area contributed by atoms with Crippen molar-refractivity contribution in [2.45, 2.75) is 19.5 Å². The van der Waals surface area contributed by atoms with Gasteiger partial charge in [-0.05, 0) is 18.6 Å². The van der Waals surface area contributed by atoms with Crippen LogP contribution in [0.1, 0.15) is 13.3 Å². The van der Waals surface area contributed by atoms with Gasteiger partial charge >= 0.3 is 6.18 Å². The molecule has 1 aromatic rings. The maximum absolute atomic E-state index is 12.5. The molecule has 1 rings (SSSR count). The number of hydrogen-bond donors (Lipinski definition) is 1. The van der Waals surface area contributed by atoms with Gasteiger partial charge in [0.25, 0.3) is 0 Å². The first-order chi connectivity index (χ1) is 8.98. The summed E-state index contributed by atoms with van der Waals surface area (Å²) >= 11 is 0. The van der Waals surface area contributed by atoms with Crippen LogP contribution in [0.3, 0.4) is 0 Å². The van der Waals surface area contributed by atoms with E-state index < -0.39 is 12.7 Å². The van der Waals surface area contributed by atoms with E-state index in [2.05, 4.69) is 4.98 Å². The molecule has 19 heavy (non-hydrogen) atoms. The molecule has 0 unspecified atom stereocenters. The number of aromatic nitrogens is 1. The van der Waals surface area contributed by atoms with Crippen LogP contribution in [0.5, 0.6) is 5.75 Å². The molecule has 0 saturated heterocycles. The smallest absolute Gasteiger partial charge is 0.405 e. The van der Waals surface area contributed by atoms with Gasteiger partial charge in [-0.25, -0.2) is 4.98 Å². The van der Waals surface area contributed by atoms with Crippen molar-refractivity contribution in [2.75, 3.05) is 31.1 Å². The van der Waals surface area contributed by atoms with Gasteiger partial charge in [-0.3, -0.25) is 0 Å². The molecule has 0 bridgehead atoms. The molecular formula is C12H18F3N3O. The van der Waals surface area contributed by atoms with Gasteiger partial charge in [-0.2, -0.15) is 13.2 Å². The molecule has 0 aliphatic heterocycles. The number of anilines is 1. The zero-order valence-corrected chi connectivity index (χ0v) is 10.8. The van der Waals surface area contributed by atoms with E-state index in [1.54, 1.807) is 12.1 Å². The lowest BCUT2D eigenvalue weighted by molar-refractivity contribution is -0.119. The second kappa shape index (κ2) is 7.18. The van der Waals surface area contributed by atoms with Crippen molar-refractivity contribution in [2.24, 2.45) is 5.73 Å². The predicted octanol–water partition coefficient (Wildman–Crippen LogP) is 2.20. The van der Waals surface area contributed by atoms with Crippen LogP contribution in [0.4, 0.5) is 19.0 Å². The van der Waals surface area contributed by atoms with Crippen LogP contribution in [-0.2, 0) is 0 Å². The van der Waals surface area contributed by atoms with Gasteiger partial charge < -0.3 is 15.4 Å². The van der Waals surface area contributed by atoms with Gasteiger partial charge in [-0.15, -0.1) is 0 Å². The lowest BCUT2D eigenvalue weighted by Crippen LogP contribution is -2.38. The molecule has 4 nitrogen and oxygen atoms in total. The summed E-state index contributed by atoms with van der Waals surface area (Å²) in [6.45, 7) is 1.44. The zero-order chi connectivity index (χ0) is 14.3. The predicted molar refractivity (Wildman–Crippen MR) is 67.3 cm³/mol. The summed E-state index contributed by atoms with van der Waals surface area (Å²) in [6.07, 6.45) is -2.10. The summed E-state index contributed by atoms with van der Waals surface area (Å²) in [6, 6.07) is 3.24. The van der Waals surface area contributed by atoms with Gasteiger partial charge in [0.2, 0.25) is 0 Å². The fourth-order valence-electron chi connectivity index (χ4n) is 1.58. The molecule has 2 N–H and O–H groups in total. The lowest BCUT2D eigenvalue weighted by atomic mass is 10.3. The van der Waals surface area contributed by atoms with Crippen LogP contribution in [0, 0.1) is 0 Å². The van der Waals surface area contributed by atoms with E-state index in [9.17, 15) is 13.2 Å². The van der Waals surface area contributed by atoms with Crippen molar-refractivity contribution in [3.05, 3.63) is 18.3 Å². The van der Waals surface area contributed by atoms with Gasteiger partial charge in [0.1, 0.15) is 6.54 Å². The van der Waals surface area contributed by atoms with E-state index in [4.69, 9.17) is 10.5 Å². The Labute approximate surface area is 110 Å². The van der Waals surface area contributed by atoms with Crippen molar-refractivity contribution >= 4 is 5.82 Å². The molecule has 0 aromatic carbocycles. The number of nitrogens with two attached hydrogens (primary N) is 1. The van der Waals surface area contributed by atoms with Crippen molar-refractivity contribution in [1.29, 1.82) is 0 Å². The highest BCUT2D eigenvalue weighted by Crippen LogP contribution is 2.28. The SMILES string of the molecule is CCCOc1cccnc1N(CCN)CC(F)(F)F. The number of ether oxygens (including phenoxy) is 1. The first kappa shape index (κ1) is 15.6. The molecule has 0 radical (unpaired) electrons. The average Bonchev–Trinajstić information content (AvgIpc) is 2.34. The molecule has 1 aromatic heterocycles. The Balaban J connectivity index is 2.94. The minimum absolute atomic E-state index is 0.0685. The summed E-state index contributed by atoms with van der Waals surface area (Å²) in [5, 5.41) is 0. The van der Waals surface area contributed by atoms with Crippen LogP contribution < -0.4 is 15.4 Å². The van der Waals surface area contributed by atoms with E-state index in [0.717, 1.165) is 11.3 Å². The molecule has 7 heteroatoms. The summed E-state index contributed by atoms with van der Waals surface area (Å²) in [7, 11) is 0. The Hall–Kier alpha value is -1.50. The molecule has 0 aliphatic rings. The first-order valence-electron chi connectivity index (χ1n) is 6.07. The number of alkyl halides is 3. The Morgan fingerprint density at radius 2 is 2.16 bits per heavy atom. The first-order valence-corrected chi connectivity index (χ1v) is 6.07. The van der Waals surface area contributed by atoms with Crippen LogP contribution in [0.2, 0.25) is 0 Å². The second-order valence-electron chi connectivity index (χ2n) is 4.00. The molecule has 0 fully saturated rings. The van der Waals surface area contributed by atoms with E-state index >= 15 is 0 Å². The van der Waals surface area contributed by atoms with Crippen LogP contribution >= 0.6 is 0 Å². The molecule has 0 atom stereocenters. The third-order valence-electron chi connectivity index (χ3n) is 2.28. The standard InChI is InChI=1S/C12H18F3N3O/c1-2-8-19-10-4-3-6-17-11(10)18(7-5-16)9-12(13,14)15/h3-4,6H,2,5,7-9,16H2,1H3. The summed E-state index contributed by atoms with van der Waals surface area (Å²) in [5.74, 6) is 0.528. The minimum Gasteiger partial charge on any atom is -0.490 e. The third-order valence-corrected chi connectivity index (χ3v) is 2.28. The molecular weight excluding hydrogens is 259 g/mol. The fourth-order valence-corrected chi connectivity index (χ4v) is 1.58. The highest BCUT2D eigenvalue weighted by Gasteiger charge is 2.32. The van der Waals surface area contributed by atoms with Gasteiger partial charge in [0, 0.05) is 19.3 Å². The van der Waals surface area contributed by atoms with Crippen molar-refractivity contribution in [3.8, 4) is 5.75 Å². The van der Waals surface area contributed by atoms with Crippen LogP contribution in [0.25, 0.3) is 0 Å². The third kappa shape index (κ3) is 5.34. The van der Waals surface area contributed by atoms with E-state index in [1.807, 2.05) is 6.92 Å². The monoisotopic (exact) mass is 277 g/mol. The molecule has 1 heterocycles. The van der Waals surface area contributed by atoms with Crippen molar-refractivity contribution in [1.82, 2.24) is 4.98 Å². The number of pyridine rings is 1. The quantitative estimate of drug-likeness (QED) is 0.830. The molecule has 0 aliphatic carbocycles. The van der Waals surface area contributed by atoms with Crippen LogP contribution in [-0.4, -0.2) is 37.4 Å². The van der Waals surface area contributed by atoms with Gasteiger partial charge in [-0.1, -0.05) is 6.92 Å². The Bertz CT molecular complexity index is 385. The average molecular weight is 277 g/mol. The summed E-state index contributed by atoms with van der Waals surface area (Å²) in [5.41, 5.74) is 5.36. The summed E-state index contributed by atoms with van der Waals surface area (Å²) in [4.78, 5) is 5.07. The Morgan fingerprint density at radius 1 is 1.42 bits per heavy atom. The number of halogens is 3. The van der Waals surface area contributed by atoms with Crippen LogP contribution in [0.15, 0.2) is 18.3 Å². The normalized spacial score (nSPS) is 11.4. The minimum atomic E-state index is -4.31. The number of hydrogen-bond acceptors (Lipinski definition) is 4. The van der Waals surface area contributed by atoms with E-state index in [0.29, 0.717) is 12.4 Å². The Kier molecular flexibility index (Phi) is 5.88. The second-order valence-corrected chi connectivity index (χ2v) is 4.00. The maximum atomic E-state index is 12.5. The maximum Gasteiger partial charge on any atom is 0.405 e. The highest BCUT2D eigenvalue weighted by molar-refractivity contribution is 5.52. The molecule has 0 amide bonds. The molecule has 0 saturated carbocycles. The fraction of sp³-hybridized carbons (Fsp3) is 0.583. The summed E-state index contributed by atoms with van der Waals surface area (Å²) < 4.78 is 43.1. The van der Waals surface area contributed by atoms with E-state index in [1.165, 1.54) is 6.20 Å². The van der Waals surface area contributed by atoms with Crippen molar-refractivity contribution < 1.29 is 17.9 Å². The number of nitrogens with zero attached hydrogens (tertiary/aromatic N) is 2. The lowest BCUT2D eigenvalue weighted by Gasteiger charge is -2.25. The van der Waals surface area contributed by atoms with E-state index in [-0.39, 0.29) is 18.9 Å².